The lowest BCUT2D eigenvalue weighted by Gasteiger charge is -2.29. The van der Waals surface area contributed by atoms with Crippen molar-refractivity contribution in [1.29, 1.82) is 0 Å². The number of likely N-dealkylation sites (tertiary alicyclic amines) is 1. The molecule has 28 heavy (non-hydrogen) atoms. The third-order valence-electron chi connectivity index (χ3n) is 4.48. The molecule has 0 radical (unpaired) electrons. The number of ketones is 1. The van der Waals surface area contributed by atoms with Gasteiger partial charge in [0.05, 0.1) is 20.1 Å². The number of nitrogens with zero attached hydrogens (tertiary/aromatic N) is 1. The van der Waals surface area contributed by atoms with Crippen molar-refractivity contribution in [1.82, 2.24) is 4.90 Å². The number of rotatable bonds is 4. The molecule has 0 atom stereocenters. The molecule has 0 bridgehead atoms. The van der Waals surface area contributed by atoms with E-state index in [4.69, 9.17) is 46.4 Å². The zero-order valence-corrected chi connectivity index (χ0v) is 18.3. The summed E-state index contributed by atoms with van der Waals surface area (Å²) in [6.07, 6.45) is 4.78. The van der Waals surface area contributed by atoms with Crippen LogP contribution in [0.3, 0.4) is 0 Å². The topological polar surface area (TPSA) is 20.3 Å². The Hall–Kier alpha value is -1.29. The van der Waals surface area contributed by atoms with E-state index >= 15 is 0 Å². The number of piperidine rings is 1. The second-order valence-corrected chi connectivity index (χ2v) is 8.35. The molecule has 3 rings (SSSR count). The van der Waals surface area contributed by atoms with Crippen LogP contribution < -0.4 is 0 Å². The maximum Gasteiger partial charge on any atom is 0.187 e. The fraction of sp³-hybridized carbons (Fsp3) is 0.227. The number of carbonyl (C=O) groups excluding carboxylic acids is 1. The smallest absolute Gasteiger partial charge is 0.187 e. The Balaban J connectivity index is 1.97. The van der Waals surface area contributed by atoms with E-state index in [1.165, 1.54) is 0 Å². The molecule has 0 spiro atoms. The summed E-state index contributed by atoms with van der Waals surface area (Å²) < 4.78 is 0. The molecule has 0 aromatic heterocycles. The molecule has 2 aromatic carbocycles. The largest absolute Gasteiger partial charge is 0.295 e. The lowest BCUT2D eigenvalue weighted by atomic mass is 9.94. The van der Waals surface area contributed by atoms with Gasteiger partial charge < -0.3 is 0 Å². The second-order valence-electron chi connectivity index (χ2n) is 6.73. The van der Waals surface area contributed by atoms with E-state index in [9.17, 15) is 4.79 Å². The van der Waals surface area contributed by atoms with Gasteiger partial charge in [-0.3, -0.25) is 9.69 Å². The predicted octanol–water partition coefficient (Wildman–Crippen LogP) is 7.06. The summed E-state index contributed by atoms with van der Waals surface area (Å²) in [6, 6.07) is 10.7. The molecule has 0 N–H and O–H groups in total. The SMILES string of the molecule is CCCN1C/C(=C\c2ccc(Cl)c(Cl)c2)C(=O)/C(=C/c2ccc(Cl)c(Cl)c2)C1. The van der Waals surface area contributed by atoms with Crippen molar-refractivity contribution < 1.29 is 4.79 Å². The first-order valence-electron chi connectivity index (χ1n) is 8.95. The highest BCUT2D eigenvalue weighted by atomic mass is 35.5. The van der Waals surface area contributed by atoms with Crippen molar-refractivity contribution in [3.8, 4) is 0 Å². The molecule has 1 aliphatic rings. The number of halogens is 4. The first-order chi connectivity index (χ1) is 13.4. The molecule has 2 nitrogen and oxygen atoms in total. The highest BCUT2D eigenvalue weighted by molar-refractivity contribution is 6.42. The molecule has 6 heteroatoms. The number of benzene rings is 2. The van der Waals surface area contributed by atoms with Crippen molar-refractivity contribution in [3.05, 3.63) is 78.8 Å². The fourth-order valence-corrected chi connectivity index (χ4v) is 3.80. The van der Waals surface area contributed by atoms with Crippen LogP contribution in [0.4, 0.5) is 0 Å². The van der Waals surface area contributed by atoms with E-state index in [1.54, 1.807) is 24.3 Å². The van der Waals surface area contributed by atoms with Crippen molar-refractivity contribution in [2.45, 2.75) is 13.3 Å². The predicted molar refractivity (Wildman–Crippen MR) is 121 cm³/mol. The second kappa shape index (κ2) is 9.47. The molecule has 0 aliphatic carbocycles. The number of hydrogen-bond donors (Lipinski definition) is 0. The van der Waals surface area contributed by atoms with E-state index in [1.807, 2.05) is 24.3 Å². The van der Waals surface area contributed by atoms with Crippen LogP contribution in [0.1, 0.15) is 24.5 Å². The summed E-state index contributed by atoms with van der Waals surface area (Å²) in [4.78, 5) is 15.4. The molecular formula is C22H19Cl4NO. The minimum absolute atomic E-state index is 0.0319. The maximum absolute atomic E-state index is 13.1. The van der Waals surface area contributed by atoms with Crippen LogP contribution in [0.5, 0.6) is 0 Å². The van der Waals surface area contributed by atoms with Gasteiger partial charge in [0, 0.05) is 24.2 Å². The van der Waals surface area contributed by atoms with Gasteiger partial charge in [-0.15, -0.1) is 0 Å². The monoisotopic (exact) mass is 453 g/mol. The minimum atomic E-state index is 0.0319. The van der Waals surface area contributed by atoms with Gasteiger partial charge in [0.1, 0.15) is 0 Å². The Bertz CT molecular complexity index is 892. The van der Waals surface area contributed by atoms with E-state index in [0.29, 0.717) is 33.2 Å². The van der Waals surface area contributed by atoms with Crippen LogP contribution in [0, 0.1) is 0 Å². The molecule has 0 amide bonds. The Kier molecular flexibility index (Phi) is 7.25. The standard InChI is InChI=1S/C22H19Cl4NO/c1-2-7-27-12-16(8-14-3-5-18(23)20(25)10-14)22(28)17(13-27)9-15-4-6-19(24)21(26)11-15/h3-6,8-11H,2,7,12-13H2,1H3/b16-8+,17-9+. The van der Waals surface area contributed by atoms with Crippen LogP contribution in [0.15, 0.2) is 47.5 Å². The lowest BCUT2D eigenvalue weighted by molar-refractivity contribution is -0.113. The lowest BCUT2D eigenvalue weighted by Crippen LogP contribution is -2.38. The van der Waals surface area contributed by atoms with Gasteiger partial charge >= 0.3 is 0 Å². The summed E-state index contributed by atoms with van der Waals surface area (Å²) in [5, 5.41) is 1.92. The van der Waals surface area contributed by atoms with Crippen LogP contribution in [-0.2, 0) is 4.79 Å². The average Bonchev–Trinajstić information content (AvgIpc) is 2.65. The molecule has 1 saturated heterocycles. The summed E-state index contributed by atoms with van der Waals surface area (Å²) in [5.74, 6) is 0.0319. The van der Waals surface area contributed by atoms with Gasteiger partial charge in [-0.05, 0) is 60.5 Å². The van der Waals surface area contributed by atoms with Gasteiger partial charge in [-0.1, -0.05) is 65.5 Å². The van der Waals surface area contributed by atoms with Gasteiger partial charge in [-0.2, -0.15) is 0 Å². The molecule has 0 unspecified atom stereocenters. The summed E-state index contributed by atoms with van der Waals surface area (Å²) >= 11 is 24.2. The van der Waals surface area contributed by atoms with E-state index in [0.717, 1.165) is 35.2 Å². The van der Waals surface area contributed by atoms with Crippen molar-refractivity contribution >= 4 is 64.3 Å². The van der Waals surface area contributed by atoms with Crippen molar-refractivity contribution in [3.63, 3.8) is 0 Å². The third kappa shape index (κ3) is 5.20. The quantitative estimate of drug-likeness (QED) is 0.460. The van der Waals surface area contributed by atoms with Crippen LogP contribution >= 0.6 is 46.4 Å². The average molecular weight is 455 g/mol. The number of hydrogen-bond acceptors (Lipinski definition) is 2. The van der Waals surface area contributed by atoms with Gasteiger partial charge in [0.15, 0.2) is 5.78 Å². The van der Waals surface area contributed by atoms with E-state index in [2.05, 4.69) is 11.8 Å². The van der Waals surface area contributed by atoms with Crippen LogP contribution in [0.2, 0.25) is 20.1 Å². The number of Topliss-reactive ketones (excluding diaryl/α,β-unsaturated/α-hetero) is 1. The first kappa shape index (κ1) is 21.4. The van der Waals surface area contributed by atoms with E-state index < -0.39 is 0 Å². The highest BCUT2D eigenvalue weighted by Crippen LogP contribution is 2.28. The molecule has 146 valence electrons. The highest BCUT2D eigenvalue weighted by Gasteiger charge is 2.25. The Morgan fingerprint density at radius 2 is 1.29 bits per heavy atom. The molecule has 1 fully saturated rings. The Labute approximate surface area is 185 Å². The van der Waals surface area contributed by atoms with Crippen molar-refractivity contribution in [2.24, 2.45) is 0 Å². The molecule has 1 heterocycles. The minimum Gasteiger partial charge on any atom is -0.295 e. The summed E-state index contributed by atoms with van der Waals surface area (Å²) in [6.45, 7) is 4.24. The van der Waals surface area contributed by atoms with Crippen LogP contribution in [0.25, 0.3) is 12.2 Å². The summed E-state index contributed by atoms with van der Waals surface area (Å²) in [5.41, 5.74) is 3.16. The zero-order chi connectivity index (χ0) is 20.3. The maximum atomic E-state index is 13.1. The summed E-state index contributed by atoms with van der Waals surface area (Å²) in [7, 11) is 0. The van der Waals surface area contributed by atoms with E-state index in [-0.39, 0.29) is 5.78 Å². The van der Waals surface area contributed by atoms with Crippen LogP contribution in [-0.4, -0.2) is 30.3 Å². The van der Waals surface area contributed by atoms with Gasteiger partial charge in [-0.25, -0.2) is 0 Å². The Morgan fingerprint density at radius 3 is 1.68 bits per heavy atom. The fourth-order valence-electron chi connectivity index (χ4n) is 3.19. The third-order valence-corrected chi connectivity index (χ3v) is 5.96. The molecule has 0 saturated carbocycles. The molecule has 2 aromatic rings. The van der Waals surface area contributed by atoms with Gasteiger partial charge in [0.2, 0.25) is 0 Å². The van der Waals surface area contributed by atoms with Gasteiger partial charge in [0.25, 0.3) is 0 Å². The first-order valence-corrected chi connectivity index (χ1v) is 10.5. The normalized spacial score (nSPS) is 18.2. The number of carbonyl (C=O) groups is 1. The van der Waals surface area contributed by atoms with Crippen molar-refractivity contribution in [2.75, 3.05) is 19.6 Å². The molecular weight excluding hydrogens is 436 g/mol. The zero-order valence-electron chi connectivity index (χ0n) is 15.3. The molecule has 1 aliphatic heterocycles. The Morgan fingerprint density at radius 1 is 0.821 bits per heavy atom.